The van der Waals surface area contributed by atoms with Crippen LogP contribution >= 0.6 is 15.9 Å². The van der Waals surface area contributed by atoms with Gasteiger partial charge in [-0.05, 0) is 75.4 Å². The van der Waals surface area contributed by atoms with Crippen LogP contribution in [0.5, 0.6) is 0 Å². The number of nitrogens with zero attached hydrogens (tertiary/aromatic N) is 2. The molecule has 2 rings (SSSR count). The second-order valence-electron chi connectivity index (χ2n) is 9.37. The van der Waals surface area contributed by atoms with Crippen molar-refractivity contribution in [2.24, 2.45) is 0 Å². The van der Waals surface area contributed by atoms with Crippen molar-refractivity contribution < 1.29 is 18.0 Å². The molecule has 1 N–H and O–H groups in total. The van der Waals surface area contributed by atoms with E-state index in [0.29, 0.717) is 12.1 Å². The molecule has 9 heteroatoms. The average molecular weight is 581 g/mol. The van der Waals surface area contributed by atoms with Gasteiger partial charge in [0.15, 0.2) is 0 Å². The van der Waals surface area contributed by atoms with Crippen LogP contribution in [0.4, 0.5) is 5.69 Å². The molecule has 0 heterocycles. The first-order valence-electron chi connectivity index (χ1n) is 12.2. The molecule has 0 spiro atoms. The summed E-state index contributed by atoms with van der Waals surface area (Å²) in [4.78, 5) is 27.8. The highest BCUT2D eigenvalue weighted by atomic mass is 79.9. The number of hydrogen-bond acceptors (Lipinski definition) is 4. The molecule has 198 valence electrons. The molecule has 0 unspecified atom stereocenters. The zero-order valence-electron chi connectivity index (χ0n) is 22.0. The second kappa shape index (κ2) is 13.2. The van der Waals surface area contributed by atoms with E-state index in [9.17, 15) is 18.0 Å². The summed E-state index contributed by atoms with van der Waals surface area (Å²) in [5.74, 6) is -0.401. The number of nitrogens with one attached hydrogen (secondary N) is 1. The van der Waals surface area contributed by atoms with Crippen molar-refractivity contribution in [1.82, 2.24) is 10.2 Å². The normalized spacial score (nSPS) is 13.1. The molecule has 0 fully saturated rings. The van der Waals surface area contributed by atoms with Gasteiger partial charge in [-0.3, -0.25) is 13.9 Å². The summed E-state index contributed by atoms with van der Waals surface area (Å²) in [6, 6.07) is 12.6. The minimum atomic E-state index is -3.53. The Morgan fingerprint density at radius 2 is 1.69 bits per heavy atom. The van der Waals surface area contributed by atoms with Crippen LogP contribution in [0.15, 0.2) is 46.9 Å². The fourth-order valence-corrected chi connectivity index (χ4v) is 5.08. The van der Waals surface area contributed by atoms with Crippen LogP contribution in [0.3, 0.4) is 0 Å². The zero-order valence-corrected chi connectivity index (χ0v) is 24.4. The first-order valence-corrected chi connectivity index (χ1v) is 14.9. The molecule has 2 aromatic carbocycles. The van der Waals surface area contributed by atoms with Crippen LogP contribution in [-0.4, -0.2) is 50.0 Å². The Labute approximate surface area is 224 Å². The van der Waals surface area contributed by atoms with Crippen molar-refractivity contribution in [3.05, 3.63) is 63.6 Å². The maximum absolute atomic E-state index is 13.4. The van der Waals surface area contributed by atoms with E-state index in [0.717, 1.165) is 27.6 Å². The van der Waals surface area contributed by atoms with Gasteiger partial charge < -0.3 is 10.2 Å². The third-order valence-corrected chi connectivity index (χ3v) is 7.93. The summed E-state index contributed by atoms with van der Waals surface area (Å²) >= 11 is 3.42. The molecule has 2 amide bonds. The third kappa shape index (κ3) is 8.62. The predicted octanol–water partition coefficient (Wildman–Crippen LogP) is 4.94. The summed E-state index contributed by atoms with van der Waals surface area (Å²) in [5.41, 5.74) is 3.34. The lowest BCUT2D eigenvalue weighted by Gasteiger charge is -2.30. The highest BCUT2D eigenvalue weighted by molar-refractivity contribution is 9.10. The molecular weight excluding hydrogens is 542 g/mol. The van der Waals surface area contributed by atoms with Crippen molar-refractivity contribution in [3.8, 4) is 0 Å². The highest BCUT2D eigenvalue weighted by Crippen LogP contribution is 2.25. The number of carbonyl (C=O) groups is 2. The summed E-state index contributed by atoms with van der Waals surface area (Å²) in [6.45, 7) is 9.90. The maximum atomic E-state index is 13.4. The molecule has 0 aliphatic rings. The van der Waals surface area contributed by atoms with Crippen molar-refractivity contribution in [2.75, 3.05) is 17.1 Å². The molecule has 0 saturated heterocycles. The van der Waals surface area contributed by atoms with E-state index in [2.05, 4.69) is 21.2 Å². The topological polar surface area (TPSA) is 86.8 Å². The number of amides is 2. The largest absolute Gasteiger partial charge is 0.352 e. The lowest BCUT2D eigenvalue weighted by molar-refractivity contribution is -0.140. The Morgan fingerprint density at radius 3 is 2.28 bits per heavy atom. The minimum Gasteiger partial charge on any atom is -0.352 e. The van der Waals surface area contributed by atoms with Gasteiger partial charge >= 0.3 is 0 Å². The molecule has 7 nitrogen and oxygen atoms in total. The van der Waals surface area contributed by atoms with E-state index in [1.807, 2.05) is 70.2 Å². The number of aryl methyl sites for hydroxylation is 2. The number of sulfonamides is 1. The average Bonchev–Trinajstić information content (AvgIpc) is 2.81. The Balaban J connectivity index is 2.20. The number of anilines is 1. The monoisotopic (exact) mass is 579 g/mol. The van der Waals surface area contributed by atoms with Crippen LogP contribution in [0, 0.1) is 13.8 Å². The minimum absolute atomic E-state index is 0.00507. The fraction of sp³-hybridized carbons (Fsp3) is 0.481. The van der Waals surface area contributed by atoms with Crippen molar-refractivity contribution >= 4 is 43.5 Å². The molecule has 0 aliphatic carbocycles. The van der Waals surface area contributed by atoms with Crippen molar-refractivity contribution in [1.29, 1.82) is 0 Å². The van der Waals surface area contributed by atoms with Crippen LogP contribution in [-0.2, 0) is 26.2 Å². The van der Waals surface area contributed by atoms with Gasteiger partial charge in [-0.1, -0.05) is 47.1 Å². The second-order valence-corrected chi connectivity index (χ2v) is 12.2. The van der Waals surface area contributed by atoms with Crippen LogP contribution in [0.1, 0.15) is 56.7 Å². The molecule has 0 aliphatic heterocycles. The lowest BCUT2D eigenvalue weighted by atomic mass is 10.1. The van der Waals surface area contributed by atoms with Gasteiger partial charge in [-0.25, -0.2) is 8.42 Å². The van der Waals surface area contributed by atoms with Crippen molar-refractivity contribution in [2.45, 2.75) is 72.5 Å². The highest BCUT2D eigenvalue weighted by Gasteiger charge is 2.27. The first-order chi connectivity index (χ1) is 16.8. The molecule has 2 atom stereocenters. The maximum Gasteiger partial charge on any atom is 0.242 e. The van der Waals surface area contributed by atoms with Gasteiger partial charge in [-0.2, -0.15) is 0 Å². The zero-order chi connectivity index (χ0) is 27.0. The van der Waals surface area contributed by atoms with Gasteiger partial charge in [0.25, 0.3) is 0 Å². The molecule has 2 aromatic rings. The van der Waals surface area contributed by atoms with Gasteiger partial charge in [-0.15, -0.1) is 0 Å². The van der Waals surface area contributed by atoms with E-state index in [-0.39, 0.29) is 37.4 Å². The van der Waals surface area contributed by atoms with Crippen LogP contribution in [0.2, 0.25) is 0 Å². The molecule has 0 saturated carbocycles. The van der Waals surface area contributed by atoms with E-state index < -0.39 is 16.1 Å². The van der Waals surface area contributed by atoms with Crippen LogP contribution in [0.25, 0.3) is 0 Å². The quantitative estimate of drug-likeness (QED) is 0.385. The summed E-state index contributed by atoms with van der Waals surface area (Å²) in [7, 11) is -3.53. The van der Waals surface area contributed by atoms with Crippen molar-refractivity contribution in [3.63, 3.8) is 0 Å². The first kappa shape index (κ1) is 29.8. The summed E-state index contributed by atoms with van der Waals surface area (Å²) < 4.78 is 27.4. The van der Waals surface area contributed by atoms with E-state index in [1.165, 1.54) is 10.6 Å². The SMILES string of the molecule is CC[C@@H](C)NC(=O)[C@H](C)N(Cc1ccc(Br)cc1)C(=O)CCCN(c1cc(C)ccc1C)S(C)(=O)=O. The number of hydrogen-bond donors (Lipinski definition) is 1. The summed E-state index contributed by atoms with van der Waals surface area (Å²) in [6.07, 6.45) is 2.42. The Kier molecular flexibility index (Phi) is 11.0. The molecule has 0 aromatic heterocycles. The van der Waals surface area contributed by atoms with Gasteiger partial charge in [0.05, 0.1) is 11.9 Å². The van der Waals surface area contributed by atoms with E-state index in [1.54, 1.807) is 11.8 Å². The van der Waals surface area contributed by atoms with E-state index in [4.69, 9.17) is 0 Å². The fourth-order valence-electron chi connectivity index (χ4n) is 3.81. The van der Waals surface area contributed by atoms with E-state index >= 15 is 0 Å². The Hall–Kier alpha value is -2.39. The number of rotatable bonds is 12. The van der Waals surface area contributed by atoms with Gasteiger partial charge in [0.1, 0.15) is 6.04 Å². The lowest BCUT2D eigenvalue weighted by Crippen LogP contribution is -2.49. The Morgan fingerprint density at radius 1 is 1.06 bits per heavy atom. The smallest absolute Gasteiger partial charge is 0.242 e. The Bertz CT molecular complexity index is 1150. The number of carbonyl (C=O) groups excluding carboxylic acids is 2. The van der Waals surface area contributed by atoms with Gasteiger partial charge in [0.2, 0.25) is 21.8 Å². The number of benzene rings is 2. The third-order valence-electron chi connectivity index (χ3n) is 6.22. The number of halogens is 1. The molecule has 0 bridgehead atoms. The van der Waals surface area contributed by atoms with Crippen LogP contribution < -0.4 is 9.62 Å². The summed E-state index contributed by atoms with van der Waals surface area (Å²) in [5, 5.41) is 2.96. The molecular formula is C27H38BrN3O4S. The van der Waals surface area contributed by atoms with Gasteiger partial charge in [0, 0.05) is 30.0 Å². The predicted molar refractivity (Wildman–Crippen MR) is 149 cm³/mol. The molecule has 36 heavy (non-hydrogen) atoms. The standard InChI is InChI=1S/C27H38BrN3O4S/c1-7-21(4)29-27(33)22(5)30(18-23-12-14-24(28)15-13-23)26(32)9-8-16-31(36(6,34)35)25-17-19(2)10-11-20(25)3/h10-15,17,21-22H,7-9,16,18H2,1-6H3,(H,29,33)/t21-,22+/m1/s1. The molecule has 0 radical (unpaired) electrons.